The topological polar surface area (TPSA) is 87.2 Å². The van der Waals surface area contributed by atoms with E-state index < -0.39 is 5.41 Å². The van der Waals surface area contributed by atoms with Gasteiger partial charge in [-0.2, -0.15) is 4.37 Å². The summed E-state index contributed by atoms with van der Waals surface area (Å²) < 4.78 is 4.97. The number of likely N-dealkylation sites (N-methyl/N-ethyl adjacent to an activating group) is 1. The van der Waals surface area contributed by atoms with E-state index >= 15 is 0 Å². The highest BCUT2D eigenvalue weighted by Gasteiger charge is 2.46. The normalized spacial score (nSPS) is 14.5. The van der Waals surface area contributed by atoms with Crippen LogP contribution in [0.15, 0.2) is 42.5 Å². The molecule has 0 unspecified atom stereocenters. The fourth-order valence-electron chi connectivity index (χ4n) is 3.69. The molecule has 1 aromatic carbocycles. The van der Waals surface area contributed by atoms with E-state index in [1.807, 2.05) is 36.4 Å². The molecule has 2 heterocycles. The summed E-state index contributed by atoms with van der Waals surface area (Å²) in [6.45, 7) is 0.675. The van der Waals surface area contributed by atoms with Crippen molar-refractivity contribution in [1.29, 1.82) is 0 Å². The molecule has 0 bridgehead atoms. The number of urea groups is 1. The second kappa shape index (κ2) is 9.33. The minimum absolute atomic E-state index is 0.0848. The van der Waals surface area contributed by atoms with Gasteiger partial charge in [0, 0.05) is 23.5 Å². The van der Waals surface area contributed by atoms with E-state index in [-0.39, 0.29) is 11.9 Å². The van der Waals surface area contributed by atoms with Crippen LogP contribution < -0.4 is 10.6 Å². The van der Waals surface area contributed by atoms with Crippen LogP contribution in [0, 0.1) is 0 Å². The van der Waals surface area contributed by atoms with Crippen LogP contribution in [0.25, 0.3) is 0 Å². The van der Waals surface area contributed by atoms with Crippen LogP contribution in [0.5, 0.6) is 0 Å². The highest BCUT2D eigenvalue weighted by molar-refractivity contribution is 7.16. The molecule has 0 saturated heterocycles. The molecule has 1 saturated carbocycles. The Morgan fingerprint density at radius 1 is 1.19 bits per heavy atom. The molecular weight excluding hydrogens is 454 g/mol. The van der Waals surface area contributed by atoms with Crippen LogP contribution in [-0.4, -0.2) is 33.2 Å². The van der Waals surface area contributed by atoms with Crippen LogP contribution in [-0.2, 0) is 23.3 Å². The van der Waals surface area contributed by atoms with E-state index in [1.54, 1.807) is 18.0 Å². The van der Waals surface area contributed by atoms with E-state index in [4.69, 9.17) is 11.6 Å². The molecule has 1 fully saturated rings. The molecule has 3 aromatic rings. The second-order valence-corrected chi connectivity index (χ2v) is 10.0. The van der Waals surface area contributed by atoms with Crippen LogP contribution in [0.3, 0.4) is 0 Å². The second-order valence-electron chi connectivity index (χ2n) is 7.49. The van der Waals surface area contributed by atoms with Gasteiger partial charge < -0.3 is 10.2 Å². The molecule has 0 aliphatic heterocycles. The minimum atomic E-state index is -0.447. The van der Waals surface area contributed by atoms with Gasteiger partial charge in [-0.25, -0.2) is 9.78 Å². The molecule has 7 nitrogen and oxygen atoms in total. The van der Waals surface area contributed by atoms with Crippen molar-refractivity contribution in [2.24, 2.45) is 0 Å². The summed E-state index contributed by atoms with van der Waals surface area (Å²) in [6, 6.07) is 13.3. The SMILES string of the molecule is CN(Cc1nsc(NC(=O)NCc2ccc(Cl)s2)n1)C(=O)C1(c2ccccc2)CCC1. The summed E-state index contributed by atoms with van der Waals surface area (Å²) >= 11 is 8.40. The zero-order valence-corrected chi connectivity index (χ0v) is 19.3. The van der Waals surface area contributed by atoms with Gasteiger partial charge in [0.2, 0.25) is 11.0 Å². The highest BCUT2D eigenvalue weighted by Crippen LogP contribution is 2.45. The first-order valence-corrected chi connectivity index (χ1v) is 11.9. The molecule has 10 heteroatoms. The average Bonchev–Trinajstić information content (AvgIpc) is 3.35. The first-order chi connectivity index (χ1) is 15.0. The zero-order valence-electron chi connectivity index (χ0n) is 16.9. The predicted molar refractivity (Wildman–Crippen MR) is 124 cm³/mol. The van der Waals surface area contributed by atoms with E-state index in [0.29, 0.717) is 28.4 Å². The molecule has 4 rings (SSSR count). The Morgan fingerprint density at radius 2 is 1.97 bits per heavy atom. The number of aromatic nitrogens is 2. The lowest BCUT2D eigenvalue weighted by molar-refractivity contribution is -0.140. The summed E-state index contributed by atoms with van der Waals surface area (Å²) in [6.07, 6.45) is 2.75. The number of nitrogens with zero attached hydrogens (tertiary/aromatic N) is 3. The lowest BCUT2D eigenvalue weighted by Crippen LogP contribution is -2.49. The smallest absolute Gasteiger partial charge is 0.321 e. The number of amides is 3. The van der Waals surface area contributed by atoms with Crippen molar-refractivity contribution in [3.8, 4) is 0 Å². The van der Waals surface area contributed by atoms with Gasteiger partial charge in [0.15, 0.2) is 5.82 Å². The van der Waals surface area contributed by atoms with Crippen molar-refractivity contribution in [2.75, 3.05) is 12.4 Å². The molecule has 0 atom stereocenters. The van der Waals surface area contributed by atoms with Gasteiger partial charge in [0.25, 0.3) is 0 Å². The minimum Gasteiger partial charge on any atom is -0.337 e. The summed E-state index contributed by atoms with van der Waals surface area (Å²) in [5.41, 5.74) is 0.618. The monoisotopic (exact) mass is 475 g/mol. The highest BCUT2D eigenvalue weighted by atomic mass is 35.5. The number of benzene rings is 1. The lowest BCUT2D eigenvalue weighted by Gasteiger charge is -2.43. The molecule has 1 aliphatic carbocycles. The average molecular weight is 476 g/mol. The fraction of sp³-hybridized carbons (Fsp3) is 0.333. The number of nitrogens with one attached hydrogen (secondary N) is 2. The van der Waals surface area contributed by atoms with Gasteiger partial charge in [0.05, 0.1) is 22.8 Å². The Kier molecular flexibility index (Phi) is 6.54. The number of hydrogen-bond donors (Lipinski definition) is 2. The molecule has 0 radical (unpaired) electrons. The maximum absolute atomic E-state index is 13.2. The third-order valence-corrected chi connectivity index (χ3v) is 7.31. The zero-order chi connectivity index (χ0) is 21.8. The number of carbonyl (C=O) groups excluding carboxylic acids is 2. The maximum Gasteiger partial charge on any atom is 0.321 e. The third kappa shape index (κ3) is 4.89. The van der Waals surface area contributed by atoms with Gasteiger partial charge in [-0.15, -0.1) is 11.3 Å². The Balaban J connectivity index is 1.33. The Labute approximate surface area is 193 Å². The fourth-order valence-corrected chi connectivity index (χ4v) is 5.29. The summed E-state index contributed by atoms with van der Waals surface area (Å²) in [4.78, 5) is 32.3. The maximum atomic E-state index is 13.2. The van der Waals surface area contributed by atoms with E-state index in [9.17, 15) is 9.59 Å². The molecule has 2 N–H and O–H groups in total. The van der Waals surface area contributed by atoms with Gasteiger partial charge in [-0.05, 0) is 30.5 Å². The quantitative estimate of drug-likeness (QED) is 0.520. The van der Waals surface area contributed by atoms with E-state index in [2.05, 4.69) is 20.0 Å². The Bertz CT molecular complexity index is 1060. The van der Waals surface area contributed by atoms with Crippen molar-refractivity contribution in [1.82, 2.24) is 19.6 Å². The number of anilines is 1. The number of rotatable bonds is 7. The number of halogens is 1. The van der Waals surface area contributed by atoms with E-state index in [1.165, 1.54) is 11.3 Å². The molecule has 3 amide bonds. The molecule has 1 aliphatic rings. The summed E-state index contributed by atoms with van der Waals surface area (Å²) in [5, 5.41) is 5.83. The number of hydrogen-bond acceptors (Lipinski definition) is 6. The lowest BCUT2D eigenvalue weighted by atomic mass is 9.63. The first kappa shape index (κ1) is 21.7. The third-order valence-electron chi connectivity index (χ3n) is 5.41. The van der Waals surface area contributed by atoms with Crippen molar-refractivity contribution in [2.45, 2.75) is 37.8 Å². The van der Waals surface area contributed by atoms with Gasteiger partial charge in [-0.1, -0.05) is 48.4 Å². The van der Waals surface area contributed by atoms with Crippen molar-refractivity contribution in [3.05, 3.63) is 63.1 Å². The largest absolute Gasteiger partial charge is 0.337 e. The number of thiophene rings is 1. The standard InChI is InChI=1S/C21H22ClN5O2S2/c1-27(18(28)21(10-5-11-21)14-6-3-2-4-7-14)13-17-24-20(31-26-17)25-19(29)23-12-15-8-9-16(22)30-15/h2-4,6-9H,5,10-13H2,1H3,(H2,23,24,25,26,29). The predicted octanol–water partition coefficient (Wildman–Crippen LogP) is 4.66. The Morgan fingerprint density at radius 3 is 2.61 bits per heavy atom. The van der Waals surface area contributed by atoms with Crippen molar-refractivity contribution < 1.29 is 9.59 Å². The number of carbonyl (C=O) groups is 2. The van der Waals surface area contributed by atoms with Crippen LogP contribution in [0.4, 0.5) is 9.93 Å². The van der Waals surface area contributed by atoms with Crippen LogP contribution in [0.1, 0.15) is 35.5 Å². The Hall–Kier alpha value is -2.49. The molecule has 162 valence electrons. The molecular formula is C21H22ClN5O2S2. The van der Waals surface area contributed by atoms with Crippen molar-refractivity contribution in [3.63, 3.8) is 0 Å². The summed E-state index contributed by atoms with van der Waals surface area (Å²) in [5.74, 6) is 0.588. The van der Waals surface area contributed by atoms with Crippen LogP contribution in [0.2, 0.25) is 4.34 Å². The van der Waals surface area contributed by atoms with Gasteiger partial charge in [-0.3, -0.25) is 10.1 Å². The van der Waals surface area contributed by atoms with Crippen LogP contribution >= 0.6 is 34.5 Å². The van der Waals surface area contributed by atoms with Crippen molar-refractivity contribution >= 4 is 51.5 Å². The van der Waals surface area contributed by atoms with Gasteiger partial charge >= 0.3 is 6.03 Å². The molecule has 2 aromatic heterocycles. The molecule has 31 heavy (non-hydrogen) atoms. The first-order valence-electron chi connectivity index (χ1n) is 9.89. The molecule has 0 spiro atoms. The summed E-state index contributed by atoms with van der Waals surface area (Å²) in [7, 11) is 1.78. The van der Waals surface area contributed by atoms with E-state index in [0.717, 1.165) is 41.2 Å². The van der Waals surface area contributed by atoms with Gasteiger partial charge in [0.1, 0.15) is 0 Å².